The van der Waals surface area contributed by atoms with E-state index in [-0.39, 0.29) is 6.09 Å². The predicted octanol–water partition coefficient (Wildman–Crippen LogP) is 2.93. The molecule has 5 heteroatoms. The predicted molar refractivity (Wildman–Crippen MR) is 77.0 cm³/mol. The van der Waals surface area contributed by atoms with Gasteiger partial charge in [-0.05, 0) is 31.5 Å². The lowest BCUT2D eigenvalue weighted by atomic mass is 10.1. The van der Waals surface area contributed by atoms with Crippen molar-refractivity contribution in [3.05, 3.63) is 28.8 Å². The minimum atomic E-state index is -0.218. The van der Waals surface area contributed by atoms with Crippen molar-refractivity contribution in [2.45, 2.75) is 13.8 Å². The molecule has 1 fully saturated rings. The Hall–Kier alpha value is -1.42. The van der Waals surface area contributed by atoms with E-state index >= 15 is 0 Å². The second-order valence-corrected chi connectivity index (χ2v) is 4.96. The van der Waals surface area contributed by atoms with Crippen LogP contribution in [0.4, 0.5) is 10.5 Å². The summed E-state index contributed by atoms with van der Waals surface area (Å²) in [5.74, 6) is 0. The van der Waals surface area contributed by atoms with Gasteiger partial charge < -0.3 is 14.5 Å². The molecule has 104 valence electrons. The van der Waals surface area contributed by atoms with Crippen LogP contribution in [0, 0.1) is 6.92 Å². The summed E-state index contributed by atoms with van der Waals surface area (Å²) in [6, 6.07) is 5.93. The van der Waals surface area contributed by atoms with Crippen LogP contribution in [-0.4, -0.2) is 43.8 Å². The summed E-state index contributed by atoms with van der Waals surface area (Å²) in [6.45, 7) is 7.25. The minimum absolute atomic E-state index is 0.218. The molecule has 1 aliphatic rings. The van der Waals surface area contributed by atoms with E-state index in [0.717, 1.165) is 29.4 Å². The van der Waals surface area contributed by atoms with E-state index in [1.54, 1.807) is 4.90 Å². The zero-order valence-corrected chi connectivity index (χ0v) is 12.1. The molecule has 4 nitrogen and oxygen atoms in total. The quantitative estimate of drug-likeness (QED) is 0.836. The van der Waals surface area contributed by atoms with Crippen LogP contribution in [0.15, 0.2) is 18.2 Å². The average molecular weight is 283 g/mol. The molecule has 0 unspecified atom stereocenters. The number of amides is 1. The van der Waals surface area contributed by atoms with Crippen molar-refractivity contribution in [3.63, 3.8) is 0 Å². The number of hydrogen-bond acceptors (Lipinski definition) is 3. The molecule has 1 aromatic rings. The fourth-order valence-corrected chi connectivity index (χ4v) is 2.45. The fourth-order valence-electron chi connectivity index (χ4n) is 2.28. The van der Waals surface area contributed by atoms with Crippen LogP contribution in [0.2, 0.25) is 5.02 Å². The number of rotatable bonds is 2. The third-order valence-corrected chi connectivity index (χ3v) is 3.79. The van der Waals surface area contributed by atoms with Gasteiger partial charge in [-0.2, -0.15) is 0 Å². The van der Waals surface area contributed by atoms with Gasteiger partial charge in [0.05, 0.1) is 6.61 Å². The molecule has 1 aliphatic heterocycles. The van der Waals surface area contributed by atoms with Crippen LogP contribution in [0.3, 0.4) is 0 Å². The van der Waals surface area contributed by atoms with Gasteiger partial charge in [0.1, 0.15) is 0 Å². The SMILES string of the molecule is CCOC(=O)N1CCN(c2cccc(Cl)c2C)CC1. The summed E-state index contributed by atoms with van der Waals surface area (Å²) in [5, 5.41) is 0.783. The third kappa shape index (κ3) is 3.13. The van der Waals surface area contributed by atoms with E-state index in [0.29, 0.717) is 19.7 Å². The number of ether oxygens (including phenoxy) is 1. The van der Waals surface area contributed by atoms with Gasteiger partial charge in [0, 0.05) is 36.9 Å². The zero-order valence-electron chi connectivity index (χ0n) is 11.4. The fraction of sp³-hybridized carbons (Fsp3) is 0.500. The second-order valence-electron chi connectivity index (χ2n) is 4.56. The Labute approximate surface area is 118 Å². The lowest BCUT2D eigenvalue weighted by molar-refractivity contribution is 0.105. The summed E-state index contributed by atoms with van der Waals surface area (Å²) >= 11 is 6.14. The maximum atomic E-state index is 11.6. The molecule has 19 heavy (non-hydrogen) atoms. The van der Waals surface area contributed by atoms with Crippen LogP contribution in [0.1, 0.15) is 12.5 Å². The highest BCUT2D eigenvalue weighted by molar-refractivity contribution is 6.31. The number of carbonyl (C=O) groups is 1. The molecule has 2 rings (SSSR count). The van der Waals surface area contributed by atoms with Crippen molar-refractivity contribution >= 4 is 23.4 Å². The maximum absolute atomic E-state index is 11.6. The Bertz CT molecular complexity index is 457. The number of hydrogen-bond donors (Lipinski definition) is 0. The van der Waals surface area contributed by atoms with Crippen molar-refractivity contribution < 1.29 is 9.53 Å². The van der Waals surface area contributed by atoms with Crippen molar-refractivity contribution in [2.24, 2.45) is 0 Å². The van der Waals surface area contributed by atoms with Crippen molar-refractivity contribution in [1.82, 2.24) is 4.90 Å². The topological polar surface area (TPSA) is 32.8 Å². The van der Waals surface area contributed by atoms with E-state index in [1.165, 1.54) is 0 Å². The average Bonchev–Trinajstić information content (AvgIpc) is 2.42. The first-order valence-electron chi connectivity index (χ1n) is 6.55. The largest absolute Gasteiger partial charge is 0.450 e. The first-order valence-corrected chi connectivity index (χ1v) is 6.93. The zero-order chi connectivity index (χ0) is 13.8. The van der Waals surface area contributed by atoms with E-state index < -0.39 is 0 Å². The van der Waals surface area contributed by atoms with Gasteiger partial charge in [0.25, 0.3) is 0 Å². The van der Waals surface area contributed by atoms with Gasteiger partial charge in [-0.1, -0.05) is 17.7 Å². The highest BCUT2D eigenvalue weighted by Gasteiger charge is 2.22. The summed E-state index contributed by atoms with van der Waals surface area (Å²) in [4.78, 5) is 15.6. The number of halogens is 1. The first-order chi connectivity index (χ1) is 9.13. The molecule has 1 heterocycles. The highest BCUT2D eigenvalue weighted by atomic mass is 35.5. The number of nitrogens with zero attached hydrogens (tertiary/aromatic N) is 2. The van der Waals surface area contributed by atoms with E-state index in [2.05, 4.69) is 11.0 Å². The second kappa shape index (κ2) is 6.15. The van der Waals surface area contributed by atoms with Gasteiger partial charge in [-0.3, -0.25) is 0 Å². The van der Waals surface area contributed by atoms with Gasteiger partial charge in [-0.15, -0.1) is 0 Å². The maximum Gasteiger partial charge on any atom is 0.409 e. The van der Waals surface area contributed by atoms with E-state index in [9.17, 15) is 4.79 Å². The summed E-state index contributed by atoms with van der Waals surface area (Å²) in [6.07, 6.45) is -0.218. The molecule has 0 bridgehead atoms. The molecule has 0 aliphatic carbocycles. The molecule has 0 saturated carbocycles. The Balaban J connectivity index is 2.00. The summed E-state index contributed by atoms with van der Waals surface area (Å²) < 4.78 is 5.01. The van der Waals surface area contributed by atoms with Gasteiger partial charge in [-0.25, -0.2) is 4.79 Å². The minimum Gasteiger partial charge on any atom is -0.450 e. The Morgan fingerprint density at radius 3 is 2.63 bits per heavy atom. The van der Waals surface area contributed by atoms with Gasteiger partial charge in [0.15, 0.2) is 0 Å². The molecule has 0 N–H and O–H groups in total. The molecule has 1 aromatic carbocycles. The Kier molecular flexibility index (Phi) is 4.53. The molecule has 0 atom stereocenters. The molecule has 0 radical (unpaired) electrons. The number of piperazine rings is 1. The number of benzene rings is 1. The summed E-state index contributed by atoms with van der Waals surface area (Å²) in [5.41, 5.74) is 2.24. The lowest BCUT2D eigenvalue weighted by Crippen LogP contribution is -2.49. The molecule has 1 amide bonds. The normalized spacial score (nSPS) is 15.5. The summed E-state index contributed by atoms with van der Waals surface area (Å²) in [7, 11) is 0. The molecule has 1 saturated heterocycles. The van der Waals surface area contributed by atoms with Gasteiger partial charge >= 0.3 is 6.09 Å². The Morgan fingerprint density at radius 2 is 2.00 bits per heavy atom. The third-order valence-electron chi connectivity index (χ3n) is 3.39. The smallest absolute Gasteiger partial charge is 0.409 e. The van der Waals surface area contributed by atoms with Crippen molar-refractivity contribution in [1.29, 1.82) is 0 Å². The number of anilines is 1. The standard InChI is InChI=1S/C14H19ClN2O2/c1-3-19-14(18)17-9-7-16(8-10-17)13-6-4-5-12(15)11(13)2/h4-6H,3,7-10H2,1-2H3. The molecular weight excluding hydrogens is 264 g/mol. The highest BCUT2D eigenvalue weighted by Crippen LogP contribution is 2.27. The lowest BCUT2D eigenvalue weighted by Gasteiger charge is -2.36. The van der Waals surface area contributed by atoms with Crippen LogP contribution >= 0.6 is 11.6 Å². The Morgan fingerprint density at radius 1 is 1.32 bits per heavy atom. The van der Waals surface area contributed by atoms with Crippen molar-refractivity contribution in [3.8, 4) is 0 Å². The van der Waals surface area contributed by atoms with Crippen LogP contribution in [0.25, 0.3) is 0 Å². The van der Waals surface area contributed by atoms with E-state index in [1.807, 2.05) is 26.0 Å². The van der Waals surface area contributed by atoms with Gasteiger partial charge in [0.2, 0.25) is 0 Å². The first kappa shape index (κ1) is 14.0. The van der Waals surface area contributed by atoms with Crippen LogP contribution in [0.5, 0.6) is 0 Å². The monoisotopic (exact) mass is 282 g/mol. The van der Waals surface area contributed by atoms with Crippen molar-refractivity contribution in [2.75, 3.05) is 37.7 Å². The van der Waals surface area contributed by atoms with Crippen LogP contribution in [-0.2, 0) is 4.74 Å². The molecule has 0 aromatic heterocycles. The van der Waals surface area contributed by atoms with E-state index in [4.69, 9.17) is 16.3 Å². The van der Waals surface area contributed by atoms with Crippen LogP contribution < -0.4 is 4.90 Å². The molecule has 0 spiro atoms. The number of carbonyl (C=O) groups excluding carboxylic acids is 1. The molecular formula is C14H19ClN2O2.